The van der Waals surface area contributed by atoms with E-state index in [-0.39, 0.29) is 24.0 Å². The molecule has 2 N–H and O–H groups in total. The van der Waals surface area contributed by atoms with Crippen molar-refractivity contribution in [3.8, 4) is 0 Å². The topological polar surface area (TPSA) is 57.0 Å². The van der Waals surface area contributed by atoms with Crippen LogP contribution in [0.5, 0.6) is 0 Å². The summed E-state index contributed by atoms with van der Waals surface area (Å²) in [6, 6.07) is 4.81. The molecule has 0 saturated carbocycles. The molecule has 1 saturated heterocycles. The van der Waals surface area contributed by atoms with Crippen LogP contribution in [0.4, 0.5) is 0 Å². The number of aromatic nitrogens is 2. The second-order valence-electron chi connectivity index (χ2n) is 7.65. The van der Waals surface area contributed by atoms with Crippen molar-refractivity contribution in [2.75, 3.05) is 26.2 Å². The Balaban J connectivity index is 0.00000256. The number of thiophene rings is 1. The highest BCUT2D eigenvalue weighted by Crippen LogP contribution is 2.29. The third-order valence-corrected chi connectivity index (χ3v) is 7.22. The Bertz CT molecular complexity index is 883. The molecule has 6 nitrogen and oxygen atoms in total. The van der Waals surface area contributed by atoms with Gasteiger partial charge in [-0.3, -0.25) is 9.30 Å². The van der Waals surface area contributed by atoms with Crippen molar-refractivity contribution in [1.29, 1.82) is 0 Å². The Morgan fingerprint density at radius 2 is 2.10 bits per heavy atom. The monoisotopic (exact) mass is 558 g/mol. The molecule has 0 bridgehead atoms. The normalized spacial score (nSPS) is 17.1. The molecule has 9 heteroatoms. The molecule has 3 aromatic heterocycles. The Kier molecular flexibility index (Phi) is 8.97. The highest BCUT2D eigenvalue weighted by Gasteiger charge is 2.25. The number of aliphatic imine (C=N–C) groups is 1. The molecule has 1 fully saturated rings. The van der Waals surface area contributed by atoms with Crippen molar-refractivity contribution >= 4 is 57.6 Å². The zero-order valence-electron chi connectivity index (χ0n) is 17.6. The Morgan fingerprint density at radius 3 is 2.80 bits per heavy atom. The first kappa shape index (κ1) is 23.5. The number of likely N-dealkylation sites (tertiary alicyclic amines) is 1. The van der Waals surface area contributed by atoms with E-state index in [1.807, 2.05) is 22.9 Å². The fourth-order valence-electron chi connectivity index (χ4n) is 3.78. The summed E-state index contributed by atoms with van der Waals surface area (Å²) in [6.07, 6.45) is 6.66. The molecule has 0 aromatic carbocycles. The minimum absolute atomic E-state index is 0. The van der Waals surface area contributed by atoms with E-state index in [1.54, 1.807) is 11.3 Å². The van der Waals surface area contributed by atoms with Gasteiger partial charge in [-0.1, -0.05) is 13.0 Å². The molecule has 1 atom stereocenters. The van der Waals surface area contributed by atoms with Crippen LogP contribution in [0.25, 0.3) is 4.96 Å². The highest BCUT2D eigenvalue weighted by molar-refractivity contribution is 14.0. The lowest BCUT2D eigenvalue weighted by Gasteiger charge is -2.36. The van der Waals surface area contributed by atoms with Gasteiger partial charge >= 0.3 is 0 Å². The second-order valence-corrected chi connectivity index (χ2v) is 9.50. The number of nitrogens with one attached hydrogen (secondary N) is 2. The number of halogens is 1. The summed E-state index contributed by atoms with van der Waals surface area (Å²) in [6.45, 7) is 9.09. The van der Waals surface area contributed by atoms with Crippen LogP contribution in [0.15, 0.2) is 40.3 Å². The zero-order chi connectivity index (χ0) is 20.1. The molecule has 30 heavy (non-hydrogen) atoms. The van der Waals surface area contributed by atoms with E-state index in [2.05, 4.69) is 62.5 Å². The van der Waals surface area contributed by atoms with Crippen molar-refractivity contribution < 1.29 is 0 Å². The van der Waals surface area contributed by atoms with Crippen molar-refractivity contribution in [3.05, 3.63) is 45.9 Å². The smallest absolute Gasteiger partial charge is 0.193 e. The summed E-state index contributed by atoms with van der Waals surface area (Å²) >= 11 is 3.50. The van der Waals surface area contributed by atoms with E-state index < -0.39 is 0 Å². The average molecular weight is 559 g/mol. The third kappa shape index (κ3) is 5.95. The van der Waals surface area contributed by atoms with Crippen molar-refractivity contribution in [2.45, 2.75) is 39.3 Å². The van der Waals surface area contributed by atoms with Crippen LogP contribution in [-0.2, 0) is 6.54 Å². The largest absolute Gasteiger partial charge is 0.357 e. The molecule has 1 aliphatic heterocycles. The number of hydrogen-bond acceptors (Lipinski definition) is 5. The van der Waals surface area contributed by atoms with E-state index in [1.165, 1.54) is 30.8 Å². The summed E-state index contributed by atoms with van der Waals surface area (Å²) in [5, 5.41) is 11.2. The van der Waals surface area contributed by atoms with Crippen LogP contribution < -0.4 is 10.6 Å². The van der Waals surface area contributed by atoms with E-state index >= 15 is 0 Å². The van der Waals surface area contributed by atoms with Gasteiger partial charge in [0.15, 0.2) is 10.9 Å². The standard InChI is InChI=1S/C21H30N6S2.HI/c1-3-22-20(23-13-17-15-27-10-12-29-21(27)25-17)24-14-18(19-5-4-11-28-19)26-8-6-16(2)7-9-26;/h4-5,10-12,15-16,18H,3,6-9,13-14H2,1-2H3,(H2,22,23,24);1H. The minimum Gasteiger partial charge on any atom is -0.357 e. The van der Waals surface area contributed by atoms with Crippen LogP contribution in [0.1, 0.15) is 43.3 Å². The molecule has 0 aliphatic carbocycles. The maximum Gasteiger partial charge on any atom is 0.193 e. The van der Waals surface area contributed by atoms with Gasteiger partial charge in [0.05, 0.1) is 18.3 Å². The van der Waals surface area contributed by atoms with Gasteiger partial charge in [0.2, 0.25) is 0 Å². The van der Waals surface area contributed by atoms with Crippen molar-refractivity contribution in [1.82, 2.24) is 24.9 Å². The number of hydrogen-bond donors (Lipinski definition) is 2. The molecule has 1 aliphatic rings. The summed E-state index contributed by atoms with van der Waals surface area (Å²) in [4.78, 5) is 14.5. The van der Waals surface area contributed by atoms with Gasteiger partial charge in [-0.2, -0.15) is 0 Å². The fraction of sp³-hybridized carbons (Fsp3) is 0.524. The number of imidazole rings is 1. The van der Waals surface area contributed by atoms with Gasteiger partial charge in [-0.05, 0) is 50.2 Å². The predicted octanol–water partition coefficient (Wildman–Crippen LogP) is 4.60. The second kappa shape index (κ2) is 11.4. The van der Waals surface area contributed by atoms with Gasteiger partial charge in [0, 0.05) is 35.7 Å². The van der Waals surface area contributed by atoms with E-state index in [0.717, 1.165) is 35.6 Å². The Labute approximate surface area is 203 Å². The SMILES string of the molecule is CCNC(=NCc1cn2ccsc2n1)NCC(c1cccs1)N1CCC(C)CC1.I. The number of nitrogens with zero attached hydrogens (tertiary/aromatic N) is 4. The van der Waals surface area contributed by atoms with E-state index in [0.29, 0.717) is 12.6 Å². The van der Waals surface area contributed by atoms with E-state index in [9.17, 15) is 0 Å². The molecule has 3 aromatic rings. The summed E-state index contributed by atoms with van der Waals surface area (Å²) < 4.78 is 2.06. The highest BCUT2D eigenvalue weighted by atomic mass is 127. The maximum absolute atomic E-state index is 4.78. The van der Waals surface area contributed by atoms with Crippen LogP contribution in [-0.4, -0.2) is 46.4 Å². The minimum atomic E-state index is 0. The van der Waals surface area contributed by atoms with Crippen molar-refractivity contribution in [2.24, 2.45) is 10.9 Å². The first-order valence-electron chi connectivity index (χ1n) is 10.4. The van der Waals surface area contributed by atoms with Crippen LogP contribution in [0.3, 0.4) is 0 Å². The molecule has 4 heterocycles. The maximum atomic E-state index is 4.78. The Hall–Kier alpha value is -1.17. The number of thiazole rings is 1. The summed E-state index contributed by atoms with van der Waals surface area (Å²) in [5.41, 5.74) is 0.994. The quantitative estimate of drug-likeness (QED) is 0.253. The first-order chi connectivity index (χ1) is 14.2. The number of piperidine rings is 1. The lowest BCUT2D eigenvalue weighted by Crippen LogP contribution is -2.45. The number of fused-ring (bicyclic) bond motifs is 1. The number of rotatable bonds is 7. The summed E-state index contributed by atoms with van der Waals surface area (Å²) in [7, 11) is 0. The van der Waals surface area contributed by atoms with Gasteiger partial charge in [0.1, 0.15) is 0 Å². The molecular weight excluding hydrogens is 527 g/mol. The van der Waals surface area contributed by atoms with Crippen LogP contribution >= 0.6 is 46.7 Å². The van der Waals surface area contributed by atoms with Gasteiger partial charge in [0.25, 0.3) is 0 Å². The average Bonchev–Trinajstić information content (AvgIpc) is 3.45. The Morgan fingerprint density at radius 1 is 1.27 bits per heavy atom. The third-order valence-electron chi connectivity index (χ3n) is 5.48. The number of guanidine groups is 1. The molecule has 0 spiro atoms. The molecule has 1 unspecified atom stereocenters. The van der Waals surface area contributed by atoms with Crippen LogP contribution in [0.2, 0.25) is 0 Å². The summed E-state index contributed by atoms with van der Waals surface area (Å²) in [5.74, 6) is 1.70. The lowest BCUT2D eigenvalue weighted by molar-refractivity contribution is 0.140. The zero-order valence-corrected chi connectivity index (χ0v) is 21.5. The molecule has 4 rings (SSSR count). The molecule has 0 radical (unpaired) electrons. The molecular formula is C21H31IN6S2. The van der Waals surface area contributed by atoms with Gasteiger partial charge < -0.3 is 10.6 Å². The van der Waals surface area contributed by atoms with Gasteiger partial charge in [-0.15, -0.1) is 46.7 Å². The first-order valence-corrected chi connectivity index (χ1v) is 12.2. The lowest BCUT2D eigenvalue weighted by atomic mass is 9.97. The van der Waals surface area contributed by atoms with Crippen LogP contribution in [0, 0.1) is 5.92 Å². The fourth-order valence-corrected chi connectivity index (χ4v) is 5.36. The van der Waals surface area contributed by atoms with Gasteiger partial charge in [-0.25, -0.2) is 9.98 Å². The molecule has 164 valence electrons. The van der Waals surface area contributed by atoms with Crippen molar-refractivity contribution in [3.63, 3.8) is 0 Å². The molecule has 0 amide bonds. The predicted molar refractivity (Wildman–Crippen MR) is 138 cm³/mol. The van der Waals surface area contributed by atoms with E-state index in [4.69, 9.17) is 4.99 Å².